The van der Waals surface area contributed by atoms with Crippen LogP contribution in [-0.4, -0.2) is 39.3 Å². The van der Waals surface area contributed by atoms with Gasteiger partial charge in [-0.1, -0.05) is 42.0 Å². The lowest BCUT2D eigenvalue weighted by Crippen LogP contribution is -2.46. The summed E-state index contributed by atoms with van der Waals surface area (Å²) < 4.78 is 41.1. The first-order chi connectivity index (χ1) is 12.6. The van der Waals surface area contributed by atoms with Crippen molar-refractivity contribution in [3.05, 3.63) is 65.5 Å². The topological polar surface area (TPSA) is 69.7 Å². The van der Waals surface area contributed by atoms with E-state index in [1.54, 1.807) is 6.92 Å². The number of halogens is 1. The number of hydrogen-bond acceptors (Lipinski definition) is 3. The minimum absolute atomic E-state index is 0.177. The van der Waals surface area contributed by atoms with Gasteiger partial charge in [-0.15, -0.1) is 0 Å². The summed E-state index contributed by atoms with van der Waals surface area (Å²) in [6, 6.07) is 12.8. The first kappa shape index (κ1) is 20.9. The van der Waals surface area contributed by atoms with Crippen molar-refractivity contribution in [1.29, 1.82) is 0 Å². The van der Waals surface area contributed by atoms with Crippen molar-refractivity contribution in [2.75, 3.05) is 24.9 Å². The Hall–Kier alpha value is -2.45. The zero-order chi connectivity index (χ0) is 20.2. The summed E-state index contributed by atoms with van der Waals surface area (Å²) in [5, 5.41) is 2.76. The van der Waals surface area contributed by atoms with Gasteiger partial charge in [0.25, 0.3) is 0 Å². The molecule has 146 valence electrons. The van der Waals surface area contributed by atoms with Crippen LogP contribution in [0.2, 0.25) is 0 Å². The molecule has 0 aromatic heterocycles. The Morgan fingerprint density at radius 2 is 1.70 bits per heavy atom. The van der Waals surface area contributed by atoms with Gasteiger partial charge in [0.15, 0.2) is 0 Å². The number of nitrogens with zero attached hydrogens (tertiary/aromatic N) is 2. The summed E-state index contributed by atoms with van der Waals surface area (Å²) in [7, 11) is -1.39. The lowest BCUT2D eigenvalue weighted by Gasteiger charge is -2.27. The fourth-order valence-electron chi connectivity index (χ4n) is 2.50. The molecule has 0 saturated carbocycles. The van der Waals surface area contributed by atoms with Crippen molar-refractivity contribution in [3.8, 4) is 0 Å². The Balaban J connectivity index is 2.23. The van der Waals surface area contributed by atoms with E-state index in [4.69, 9.17) is 0 Å². The number of nitrogens with one attached hydrogen (secondary N) is 1. The molecular formula is C19H24FN3O3S. The molecule has 0 heterocycles. The molecule has 0 bridgehead atoms. The van der Waals surface area contributed by atoms with E-state index in [9.17, 15) is 17.6 Å². The van der Waals surface area contributed by atoms with Gasteiger partial charge in [-0.05, 0) is 31.5 Å². The predicted molar refractivity (Wildman–Crippen MR) is 104 cm³/mol. The highest BCUT2D eigenvalue weighted by Gasteiger charge is 2.29. The van der Waals surface area contributed by atoms with Crippen LogP contribution in [0, 0.1) is 12.7 Å². The second-order valence-electron chi connectivity index (χ2n) is 6.45. The van der Waals surface area contributed by atoms with E-state index < -0.39 is 28.5 Å². The molecule has 0 aliphatic carbocycles. The van der Waals surface area contributed by atoms with E-state index in [0.29, 0.717) is 0 Å². The molecule has 0 fully saturated rings. The van der Waals surface area contributed by atoms with Crippen molar-refractivity contribution in [1.82, 2.24) is 9.62 Å². The molecule has 0 saturated heterocycles. The van der Waals surface area contributed by atoms with Crippen molar-refractivity contribution >= 4 is 21.8 Å². The summed E-state index contributed by atoms with van der Waals surface area (Å²) in [6.45, 7) is 3.24. The standard InChI is InChI=1S/C19H24FN3O3S/c1-14-9-11-16(12-10-14)15(2)21-19(24)13-23(27(25,26)22(3)4)18-8-6-5-7-17(18)20/h5-12,15H,13H2,1-4H3,(H,21,24). The van der Waals surface area contributed by atoms with Gasteiger partial charge in [0.05, 0.1) is 11.7 Å². The molecule has 1 atom stereocenters. The number of rotatable bonds is 7. The third-order valence-corrected chi connectivity index (χ3v) is 5.91. The summed E-state index contributed by atoms with van der Waals surface area (Å²) >= 11 is 0. The Labute approximate surface area is 159 Å². The van der Waals surface area contributed by atoms with Crippen LogP contribution in [0.25, 0.3) is 0 Å². The summed E-state index contributed by atoms with van der Waals surface area (Å²) in [4.78, 5) is 12.5. The number of hydrogen-bond donors (Lipinski definition) is 1. The molecule has 1 unspecified atom stereocenters. The van der Waals surface area contributed by atoms with Gasteiger partial charge >= 0.3 is 10.2 Å². The van der Waals surface area contributed by atoms with E-state index in [1.165, 1.54) is 32.3 Å². The third kappa shape index (κ3) is 5.05. The van der Waals surface area contributed by atoms with E-state index in [0.717, 1.165) is 25.8 Å². The van der Waals surface area contributed by atoms with Gasteiger partial charge in [0.2, 0.25) is 5.91 Å². The van der Waals surface area contributed by atoms with Crippen LogP contribution in [0.5, 0.6) is 0 Å². The average Bonchev–Trinajstić information content (AvgIpc) is 2.60. The minimum Gasteiger partial charge on any atom is -0.348 e. The number of para-hydroxylation sites is 1. The fourth-order valence-corrected chi connectivity index (χ4v) is 3.57. The lowest BCUT2D eigenvalue weighted by molar-refractivity contribution is -0.120. The van der Waals surface area contributed by atoms with Crippen LogP contribution in [0.1, 0.15) is 24.1 Å². The van der Waals surface area contributed by atoms with Gasteiger partial charge in [-0.2, -0.15) is 12.7 Å². The normalized spacial score (nSPS) is 12.7. The number of anilines is 1. The molecular weight excluding hydrogens is 369 g/mol. The predicted octanol–water partition coefficient (Wildman–Crippen LogP) is 2.62. The molecule has 27 heavy (non-hydrogen) atoms. The fraction of sp³-hybridized carbons (Fsp3) is 0.316. The van der Waals surface area contributed by atoms with Crippen molar-refractivity contribution < 1.29 is 17.6 Å². The summed E-state index contributed by atoms with van der Waals surface area (Å²) in [5.41, 5.74) is 1.81. The van der Waals surface area contributed by atoms with Crippen LogP contribution < -0.4 is 9.62 Å². The van der Waals surface area contributed by atoms with Crippen LogP contribution in [0.3, 0.4) is 0 Å². The highest BCUT2D eigenvalue weighted by molar-refractivity contribution is 7.90. The van der Waals surface area contributed by atoms with Gasteiger partial charge in [-0.25, -0.2) is 8.70 Å². The molecule has 0 radical (unpaired) electrons. The highest BCUT2D eigenvalue weighted by atomic mass is 32.2. The van der Waals surface area contributed by atoms with Crippen LogP contribution in [0.15, 0.2) is 48.5 Å². The third-order valence-electron chi connectivity index (χ3n) is 4.10. The van der Waals surface area contributed by atoms with Gasteiger partial charge in [-0.3, -0.25) is 4.79 Å². The van der Waals surface area contributed by atoms with Gasteiger partial charge < -0.3 is 5.32 Å². The van der Waals surface area contributed by atoms with Crippen molar-refractivity contribution in [2.24, 2.45) is 0 Å². The average molecular weight is 393 g/mol. The van der Waals surface area contributed by atoms with E-state index in [1.807, 2.05) is 31.2 Å². The van der Waals surface area contributed by atoms with E-state index >= 15 is 0 Å². The smallest absolute Gasteiger partial charge is 0.304 e. The summed E-state index contributed by atoms with van der Waals surface area (Å²) in [5.74, 6) is -1.25. The Morgan fingerprint density at radius 1 is 1.11 bits per heavy atom. The Bertz CT molecular complexity index is 899. The zero-order valence-electron chi connectivity index (χ0n) is 15.8. The molecule has 1 amide bonds. The molecule has 2 aromatic carbocycles. The highest BCUT2D eigenvalue weighted by Crippen LogP contribution is 2.23. The molecule has 1 N–H and O–H groups in total. The van der Waals surface area contributed by atoms with Crippen LogP contribution >= 0.6 is 0 Å². The quantitative estimate of drug-likeness (QED) is 0.786. The number of aryl methyl sites for hydroxylation is 1. The van der Waals surface area contributed by atoms with Crippen molar-refractivity contribution in [2.45, 2.75) is 19.9 Å². The van der Waals surface area contributed by atoms with Gasteiger partial charge in [0.1, 0.15) is 12.4 Å². The molecule has 2 aromatic rings. The largest absolute Gasteiger partial charge is 0.348 e. The number of benzene rings is 2. The maximum atomic E-state index is 14.2. The molecule has 8 heteroatoms. The first-order valence-corrected chi connectivity index (χ1v) is 9.83. The molecule has 0 aliphatic heterocycles. The number of carbonyl (C=O) groups excluding carboxylic acids is 1. The van der Waals surface area contributed by atoms with E-state index in [-0.39, 0.29) is 11.7 Å². The van der Waals surface area contributed by atoms with Crippen LogP contribution in [0.4, 0.5) is 10.1 Å². The first-order valence-electron chi connectivity index (χ1n) is 8.43. The molecule has 6 nitrogen and oxygen atoms in total. The Kier molecular flexibility index (Phi) is 6.56. The van der Waals surface area contributed by atoms with E-state index in [2.05, 4.69) is 5.32 Å². The summed E-state index contributed by atoms with van der Waals surface area (Å²) in [6.07, 6.45) is 0. The van der Waals surface area contributed by atoms with Crippen molar-refractivity contribution in [3.63, 3.8) is 0 Å². The Morgan fingerprint density at radius 3 is 2.26 bits per heavy atom. The minimum atomic E-state index is -4.05. The SMILES string of the molecule is Cc1ccc(C(C)NC(=O)CN(c2ccccc2F)S(=O)(=O)N(C)C)cc1. The second-order valence-corrected chi connectivity index (χ2v) is 8.51. The monoisotopic (exact) mass is 393 g/mol. The number of carbonyl (C=O) groups is 1. The van der Waals surface area contributed by atoms with Gasteiger partial charge in [0, 0.05) is 14.1 Å². The maximum Gasteiger partial charge on any atom is 0.304 e. The zero-order valence-corrected chi connectivity index (χ0v) is 16.6. The second kappa shape index (κ2) is 8.49. The molecule has 2 rings (SSSR count). The van der Waals surface area contributed by atoms with Crippen LogP contribution in [-0.2, 0) is 15.0 Å². The maximum absolute atomic E-state index is 14.2. The number of amides is 1. The molecule has 0 aliphatic rings. The lowest BCUT2D eigenvalue weighted by atomic mass is 10.1. The molecule has 0 spiro atoms.